The predicted molar refractivity (Wildman–Crippen MR) is 283 cm³/mol. The van der Waals surface area contributed by atoms with Crippen LogP contribution in [-0.4, -0.2) is 73.6 Å². The molecule has 0 saturated carbocycles. The largest absolute Gasteiger partial charge is 0.465 e. The fourth-order valence-electron chi connectivity index (χ4n) is 10.2. The number of hydrogen-bond acceptors (Lipinski definition) is 6. The van der Waals surface area contributed by atoms with E-state index in [4.69, 9.17) is 9.47 Å². The summed E-state index contributed by atoms with van der Waals surface area (Å²) in [6.45, 7) is 17.9. The molecule has 0 aliphatic carbocycles. The van der Waals surface area contributed by atoms with E-state index in [9.17, 15) is 14.4 Å². The maximum atomic E-state index is 14.5. The summed E-state index contributed by atoms with van der Waals surface area (Å²) in [7, 11) is 0. The van der Waals surface area contributed by atoms with Crippen LogP contribution in [0.2, 0.25) is 0 Å². The summed E-state index contributed by atoms with van der Waals surface area (Å²) in [5.41, 5.74) is 0. The van der Waals surface area contributed by atoms with Crippen LogP contribution in [0.4, 0.5) is 0 Å². The molecule has 7 heteroatoms. The Morgan fingerprint density at radius 1 is 0.409 bits per heavy atom. The molecule has 1 rings (SSSR count). The lowest BCUT2D eigenvalue weighted by Crippen LogP contribution is -2.39. The Hall–Kier alpha value is -1.63. The summed E-state index contributed by atoms with van der Waals surface area (Å²) in [5.74, 6) is 1.59. The fourth-order valence-corrected chi connectivity index (χ4v) is 10.2. The Morgan fingerprint density at radius 2 is 0.758 bits per heavy atom. The summed E-state index contributed by atoms with van der Waals surface area (Å²) in [6.07, 6.45) is 47.4. The van der Waals surface area contributed by atoms with Gasteiger partial charge in [-0.3, -0.25) is 14.4 Å². The smallest absolute Gasteiger partial charge is 0.305 e. The first-order valence-corrected chi connectivity index (χ1v) is 29.7. The molecule has 390 valence electrons. The van der Waals surface area contributed by atoms with Crippen LogP contribution in [0.1, 0.15) is 298 Å². The molecule has 1 saturated heterocycles. The van der Waals surface area contributed by atoms with Gasteiger partial charge >= 0.3 is 11.9 Å². The Labute approximate surface area is 411 Å². The number of hydrogen-bond donors (Lipinski definition) is 0. The number of likely N-dealkylation sites (tertiary alicyclic amines) is 1. The fraction of sp³-hybridized carbons (Fsp3) is 0.949. The highest BCUT2D eigenvalue weighted by Crippen LogP contribution is 2.24. The van der Waals surface area contributed by atoms with Crippen molar-refractivity contribution in [3.05, 3.63) is 0 Å². The molecule has 1 heterocycles. The number of carbonyl (C=O) groups excluding carboxylic acids is 3. The van der Waals surface area contributed by atoms with Crippen LogP contribution in [0, 0.1) is 17.8 Å². The summed E-state index contributed by atoms with van der Waals surface area (Å²) < 4.78 is 11.6. The number of esters is 2. The summed E-state index contributed by atoms with van der Waals surface area (Å²) >= 11 is 0. The van der Waals surface area contributed by atoms with Gasteiger partial charge in [-0.25, -0.2) is 0 Å². The van der Waals surface area contributed by atoms with E-state index in [2.05, 4.69) is 44.4 Å². The van der Waals surface area contributed by atoms with Crippen molar-refractivity contribution in [2.24, 2.45) is 17.8 Å². The molecule has 0 aromatic rings. The third-order valence-corrected chi connectivity index (χ3v) is 14.7. The second kappa shape index (κ2) is 47.1. The molecule has 0 radical (unpaired) electrons. The van der Waals surface area contributed by atoms with Gasteiger partial charge in [-0.2, -0.15) is 0 Å². The van der Waals surface area contributed by atoms with Crippen LogP contribution in [0.3, 0.4) is 0 Å². The van der Waals surface area contributed by atoms with Crippen molar-refractivity contribution in [3.8, 4) is 0 Å². The van der Waals surface area contributed by atoms with E-state index < -0.39 is 0 Å². The van der Waals surface area contributed by atoms with E-state index in [1.807, 2.05) is 0 Å². The highest BCUT2D eigenvalue weighted by atomic mass is 16.5. The molecule has 0 aromatic heterocycles. The van der Waals surface area contributed by atoms with Gasteiger partial charge in [-0.15, -0.1) is 0 Å². The first kappa shape index (κ1) is 62.4. The zero-order valence-corrected chi connectivity index (χ0v) is 45.1. The molecule has 0 spiro atoms. The second-order valence-corrected chi connectivity index (χ2v) is 21.1. The van der Waals surface area contributed by atoms with E-state index in [1.165, 1.54) is 186 Å². The average molecular weight is 932 g/mol. The topological polar surface area (TPSA) is 76.2 Å². The Bertz CT molecular complexity index is 1020. The van der Waals surface area contributed by atoms with E-state index in [1.54, 1.807) is 0 Å². The molecule has 0 aromatic carbocycles. The summed E-state index contributed by atoms with van der Waals surface area (Å²) in [4.78, 5) is 44.5. The van der Waals surface area contributed by atoms with Crippen LogP contribution in [-0.2, 0) is 23.9 Å². The summed E-state index contributed by atoms with van der Waals surface area (Å²) in [5, 5.41) is 0. The van der Waals surface area contributed by atoms with Crippen LogP contribution >= 0.6 is 0 Å². The first-order valence-electron chi connectivity index (χ1n) is 29.7. The van der Waals surface area contributed by atoms with E-state index in [0.29, 0.717) is 43.8 Å². The minimum atomic E-state index is -0.00748. The number of ether oxygens (including phenoxy) is 2. The molecular formula is C59H114N2O5. The highest BCUT2D eigenvalue weighted by molar-refractivity contribution is 5.78. The lowest BCUT2D eigenvalue weighted by Gasteiger charge is -2.29. The van der Waals surface area contributed by atoms with Gasteiger partial charge in [0.15, 0.2) is 0 Å². The van der Waals surface area contributed by atoms with Gasteiger partial charge in [0.1, 0.15) is 0 Å². The maximum Gasteiger partial charge on any atom is 0.305 e. The number of carbonyl (C=O) groups is 3. The zero-order valence-electron chi connectivity index (χ0n) is 45.1. The normalized spacial score (nSPS) is 14.4. The highest BCUT2D eigenvalue weighted by Gasteiger charge is 2.24. The number of nitrogens with zero attached hydrogens (tertiary/aromatic N) is 2. The first-order chi connectivity index (χ1) is 32.4. The van der Waals surface area contributed by atoms with Crippen LogP contribution in [0.15, 0.2) is 0 Å². The van der Waals surface area contributed by atoms with Crippen LogP contribution in [0.5, 0.6) is 0 Å². The van der Waals surface area contributed by atoms with Crippen molar-refractivity contribution in [1.29, 1.82) is 0 Å². The third kappa shape index (κ3) is 37.3. The van der Waals surface area contributed by atoms with Gasteiger partial charge in [-0.05, 0) is 109 Å². The zero-order chi connectivity index (χ0) is 48.0. The molecule has 1 amide bonds. The van der Waals surface area contributed by atoms with E-state index in [-0.39, 0.29) is 17.9 Å². The molecule has 7 nitrogen and oxygen atoms in total. The second-order valence-electron chi connectivity index (χ2n) is 21.1. The monoisotopic (exact) mass is 931 g/mol. The lowest BCUT2D eigenvalue weighted by atomic mass is 9.92. The lowest BCUT2D eigenvalue weighted by molar-refractivity contribution is -0.146. The third-order valence-electron chi connectivity index (χ3n) is 14.7. The molecule has 0 N–H and O–H groups in total. The SMILES string of the molecule is CCCCCCCCN(CCCN1CCCC1)C(=O)C(CCCCCCCCC(=O)OCC(CCCC)CCCCCC)CCCCCCCCC(=O)OCC(CCCC)CCCCCC. The molecule has 1 aliphatic rings. The molecule has 1 aliphatic heterocycles. The van der Waals surface area contributed by atoms with Crippen molar-refractivity contribution < 1.29 is 23.9 Å². The predicted octanol–water partition coefficient (Wildman–Crippen LogP) is 17.2. The quantitative estimate of drug-likeness (QED) is 0.0447. The van der Waals surface area contributed by atoms with E-state index >= 15 is 0 Å². The van der Waals surface area contributed by atoms with Crippen molar-refractivity contribution >= 4 is 17.8 Å². The Morgan fingerprint density at radius 3 is 1.21 bits per heavy atom. The Balaban J connectivity index is 2.60. The molecule has 66 heavy (non-hydrogen) atoms. The van der Waals surface area contributed by atoms with Gasteiger partial charge in [-0.1, -0.05) is 208 Å². The van der Waals surface area contributed by atoms with Crippen molar-refractivity contribution in [2.45, 2.75) is 298 Å². The molecule has 0 bridgehead atoms. The van der Waals surface area contributed by atoms with Crippen molar-refractivity contribution in [1.82, 2.24) is 9.80 Å². The van der Waals surface area contributed by atoms with Crippen molar-refractivity contribution in [3.63, 3.8) is 0 Å². The average Bonchev–Trinajstić information content (AvgIpc) is 3.85. The minimum absolute atomic E-state index is 0.00748. The van der Waals surface area contributed by atoms with Gasteiger partial charge in [0, 0.05) is 31.8 Å². The standard InChI is InChI=1S/C59H114N2O5/c1-6-11-16-19-28-35-50-61(51-38-49-60-47-36-37-48-60)59(64)56(43-31-24-20-22-26-33-45-57(62)65-52-54(39-14-9-4)41-29-17-12-7-2)44-32-25-21-23-27-34-46-58(63)66-53-55(40-15-10-5)42-30-18-13-8-3/h54-56H,6-53H2,1-5H3. The minimum Gasteiger partial charge on any atom is -0.465 e. The Kier molecular flexibility index (Phi) is 44.5. The molecule has 1 fully saturated rings. The maximum absolute atomic E-state index is 14.5. The van der Waals surface area contributed by atoms with Crippen LogP contribution in [0.25, 0.3) is 0 Å². The molecular weight excluding hydrogens is 817 g/mol. The van der Waals surface area contributed by atoms with Gasteiger partial charge < -0.3 is 19.3 Å². The number of unbranched alkanes of at least 4 members (excludes halogenated alkanes) is 23. The molecule has 2 unspecified atom stereocenters. The van der Waals surface area contributed by atoms with Gasteiger partial charge in [0.2, 0.25) is 5.91 Å². The van der Waals surface area contributed by atoms with Gasteiger partial charge in [0.05, 0.1) is 13.2 Å². The van der Waals surface area contributed by atoms with Gasteiger partial charge in [0.25, 0.3) is 0 Å². The van der Waals surface area contributed by atoms with Crippen molar-refractivity contribution in [2.75, 3.05) is 45.9 Å². The summed E-state index contributed by atoms with van der Waals surface area (Å²) in [6, 6.07) is 0. The number of amides is 1. The van der Waals surface area contributed by atoms with E-state index in [0.717, 1.165) is 96.7 Å². The molecule has 2 atom stereocenters. The van der Waals surface area contributed by atoms with Crippen LogP contribution < -0.4 is 0 Å². The number of rotatable bonds is 50.